The van der Waals surface area contributed by atoms with E-state index >= 15 is 0 Å². The predicted octanol–water partition coefficient (Wildman–Crippen LogP) is 3.27. The van der Waals surface area contributed by atoms with Crippen LogP contribution in [-0.4, -0.2) is 49.2 Å². The first-order valence-electron chi connectivity index (χ1n) is 10.4. The van der Waals surface area contributed by atoms with Gasteiger partial charge in [0.2, 0.25) is 15.9 Å². The van der Waals surface area contributed by atoms with E-state index in [1.165, 1.54) is 19.3 Å². The molecule has 4 rings (SSSR count). The number of hydrogen-bond donors (Lipinski definition) is 0. The molecular weight excluding hydrogens is 360 g/mol. The molecule has 5 nitrogen and oxygen atoms in total. The Morgan fingerprint density at radius 1 is 0.852 bits per heavy atom. The highest BCUT2D eigenvalue weighted by molar-refractivity contribution is 7.89. The van der Waals surface area contributed by atoms with Crippen molar-refractivity contribution in [3.8, 4) is 0 Å². The molecule has 0 radical (unpaired) electrons. The van der Waals surface area contributed by atoms with Gasteiger partial charge in [0.15, 0.2) is 0 Å². The Kier molecular flexibility index (Phi) is 5.55. The summed E-state index contributed by atoms with van der Waals surface area (Å²) in [6.07, 6.45) is 8.32. The zero-order valence-electron chi connectivity index (χ0n) is 15.9. The normalized spacial score (nSPS) is 28.6. The number of sulfonamides is 1. The fourth-order valence-electron chi connectivity index (χ4n) is 5.15. The highest BCUT2D eigenvalue weighted by Gasteiger charge is 2.40. The van der Waals surface area contributed by atoms with E-state index in [0.717, 1.165) is 32.2 Å². The van der Waals surface area contributed by atoms with E-state index in [2.05, 4.69) is 4.90 Å². The molecule has 1 saturated carbocycles. The van der Waals surface area contributed by atoms with Crippen LogP contribution in [0.15, 0.2) is 35.2 Å². The first-order valence-corrected chi connectivity index (χ1v) is 11.8. The van der Waals surface area contributed by atoms with Gasteiger partial charge < -0.3 is 4.90 Å². The molecule has 3 fully saturated rings. The maximum atomic E-state index is 13.0. The van der Waals surface area contributed by atoms with E-state index in [1.54, 1.807) is 28.6 Å². The highest BCUT2D eigenvalue weighted by Crippen LogP contribution is 2.36. The van der Waals surface area contributed by atoms with Gasteiger partial charge in [-0.05, 0) is 49.7 Å². The van der Waals surface area contributed by atoms with Crippen molar-refractivity contribution < 1.29 is 13.2 Å². The molecule has 0 bridgehead atoms. The smallest absolute Gasteiger partial charge is 0.243 e. The van der Waals surface area contributed by atoms with E-state index in [9.17, 15) is 13.2 Å². The highest BCUT2D eigenvalue weighted by atomic mass is 32.2. The predicted molar refractivity (Wildman–Crippen MR) is 105 cm³/mol. The summed E-state index contributed by atoms with van der Waals surface area (Å²) in [5.41, 5.74) is 0. The summed E-state index contributed by atoms with van der Waals surface area (Å²) in [6.45, 7) is 1.87. The van der Waals surface area contributed by atoms with Crippen molar-refractivity contribution in [3.05, 3.63) is 30.3 Å². The number of carbonyl (C=O) groups is 1. The number of carbonyl (C=O) groups excluding carboxylic acids is 1. The molecule has 2 atom stereocenters. The summed E-state index contributed by atoms with van der Waals surface area (Å²) in [5.74, 6) is 0.914. The summed E-state index contributed by atoms with van der Waals surface area (Å²) in [6, 6.07) is 9.13. The van der Waals surface area contributed by atoms with Crippen LogP contribution in [0.1, 0.15) is 51.4 Å². The first kappa shape index (κ1) is 18.9. The molecule has 2 aliphatic heterocycles. The number of fused-ring (bicyclic) bond motifs is 1. The average molecular weight is 391 g/mol. The Morgan fingerprint density at radius 3 is 2.30 bits per heavy atom. The average Bonchev–Trinajstić information content (AvgIpc) is 2.87. The van der Waals surface area contributed by atoms with Gasteiger partial charge in [-0.1, -0.05) is 37.5 Å². The van der Waals surface area contributed by atoms with Crippen molar-refractivity contribution in [2.75, 3.05) is 19.6 Å². The molecule has 27 heavy (non-hydrogen) atoms. The number of benzene rings is 1. The number of amides is 1. The zero-order valence-corrected chi connectivity index (χ0v) is 16.7. The fraction of sp³-hybridized carbons (Fsp3) is 0.667. The minimum Gasteiger partial charge on any atom is -0.340 e. The molecular formula is C21H30N2O3S. The lowest BCUT2D eigenvalue weighted by molar-refractivity contribution is -0.134. The van der Waals surface area contributed by atoms with Crippen molar-refractivity contribution in [1.29, 1.82) is 0 Å². The van der Waals surface area contributed by atoms with Crippen molar-refractivity contribution >= 4 is 15.9 Å². The molecule has 6 heteroatoms. The molecule has 2 saturated heterocycles. The van der Waals surface area contributed by atoms with Crippen LogP contribution >= 0.6 is 0 Å². The van der Waals surface area contributed by atoms with Crippen LogP contribution in [0.3, 0.4) is 0 Å². The number of rotatable bonds is 3. The van der Waals surface area contributed by atoms with Crippen molar-refractivity contribution in [2.24, 2.45) is 11.8 Å². The van der Waals surface area contributed by atoms with E-state index < -0.39 is 10.0 Å². The van der Waals surface area contributed by atoms with Gasteiger partial charge in [-0.15, -0.1) is 0 Å². The van der Waals surface area contributed by atoms with Crippen molar-refractivity contribution in [3.63, 3.8) is 0 Å². The van der Waals surface area contributed by atoms with Crippen LogP contribution in [-0.2, 0) is 14.8 Å². The minimum absolute atomic E-state index is 0.287. The summed E-state index contributed by atoms with van der Waals surface area (Å²) < 4.78 is 27.6. The summed E-state index contributed by atoms with van der Waals surface area (Å²) in [4.78, 5) is 15.4. The Bertz CT molecular complexity index is 759. The molecule has 0 N–H and O–H groups in total. The molecule has 0 aromatic heterocycles. The van der Waals surface area contributed by atoms with Crippen LogP contribution in [0, 0.1) is 11.8 Å². The molecule has 1 aromatic rings. The second-order valence-electron chi connectivity index (χ2n) is 8.36. The van der Waals surface area contributed by atoms with E-state index in [1.807, 2.05) is 6.07 Å². The second-order valence-corrected chi connectivity index (χ2v) is 10.3. The van der Waals surface area contributed by atoms with Gasteiger partial charge in [0.25, 0.3) is 0 Å². The number of hydrogen-bond acceptors (Lipinski definition) is 3. The fourth-order valence-corrected chi connectivity index (χ4v) is 6.69. The van der Waals surface area contributed by atoms with Gasteiger partial charge >= 0.3 is 0 Å². The van der Waals surface area contributed by atoms with Gasteiger partial charge in [-0.3, -0.25) is 4.79 Å². The third-order valence-corrected chi connectivity index (χ3v) is 8.63. The Morgan fingerprint density at radius 2 is 1.56 bits per heavy atom. The molecule has 0 unspecified atom stereocenters. The van der Waals surface area contributed by atoms with Gasteiger partial charge in [-0.2, -0.15) is 4.31 Å². The van der Waals surface area contributed by atoms with Gasteiger partial charge in [0, 0.05) is 32.1 Å². The van der Waals surface area contributed by atoms with Gasteiger partial charge in [-0.25, -0.2) is 8.42 Å². The maximum Gasteiger partial charge on any atom is 0.243 e. The summed E-state index contributed by atoms with van der Waals surface area (Å²) in [5, 5.41) is 0. The molecule has 0 spiro atoms. The SMILES string of the molecule is O=C1C[C@@H]2CCN(S(=O)(=O)c3ccccc3)C[C@@H]2CCN1C1CCCCC1. The lowest BCUT2D eigenvalue weighted by Crippen LogP contribution is -2.43. The largest absolute Gasteiger partial charge is 0.340 e. The van der Waals surface area contributed by atoms with E-state index in [-0.39, 0.29) is 5.92 Å². The molecule has 1 aromatic carbocycles. The summed E-state index contributed by atoms with van der Waals surface area (Å²) >= 11 is 0. The van der Waals surface area contributed by atoms with Crippen LogP contribution in [0.25, 0.3) is 0 Å². The van der Waals surface area contributed by atoms with Crippen LogP contribution < -0.4 is 0 Å². The number of likely N-dealkylation sites (tertiary alicyclic amines) is 1. The Hall–Kier alpha value is -1.40. The molecule has 2 heterocycles. The monoisotopic (exact) mass is 390 g/mol. The van der Waals surface area contributed by atoms with Crippen LogP contribution in [0.5, 0.6) is 0 Å². The maximum absolute atomic E-state index is 13.0. The van der Waals surface area contributed by atoms with Crippen molar-refractivity contribution in [2.45, 2.75) is 62.3 Å². The molecule has 3 aliphatic rings. The van der Waals surface area contributed by atoms with Crippen LogP contribution in [0.2, 0.25) is 0 Å². The molecule has 1 amide bonds. The van der Waals surface area contributed by atoms with E-state index in [0.29, 0.717) is 42.3 Å². The lowest BCUT2D eigenvalue weighted by atomic mass is 9.83. The third kappa shape index (κ3) is 3.92. The van der Waals surface area contributed by atoms with Crippen molar-refractivity contribution in [1.82, 2.24) is 9.21 Å². The van der Waals surface area contributed by atoms with Gasteiger partial charge in [0.1, 0.15) is 0 Å². The Labute approximate surface area is 162 Å². The molecule has 1 aliphatic carbocycles. The topological polar surface area (TPSA) is 57.7 Å². The second kappa shape index (κ2) is 7.92. The van der Waals surface area contributed by atoms with E-state index in [4.69, 9.17) is 0 Å². The van der Waals surface area contributed by atoms with Crippen LogP contribution in [0.4, 0.5) is 0 Å². The number of piperidine rings is 1. The first-order chi connectivity index (χ1) is 13.1. The number of nitrogens with zero attached hydrogens (tertiary/aromatic N) is 2. The zero-order chi connectivity index (χ0) is 18.9. The standard InChI is InChI=1S/C21H30N2O3S/c24-21-15-17-11-13-22(27(25,26)20-9-5-2-6-10-20)16-18(17)12-14-23(21)19-7-3-1-4-8-19/h2,5-6,9-10,17-19H,1,3-4,7-8,11-16H2/t17-,18-/m0/s1. The van der Waals surface area contributed by atoms with Gasteiger partial charge in [0.05, 0.1) is 4.90 Å². The third-order valence-electron chi connectivity index (χ3n) is 6.75. The quantitative estimate of drug-likeness (QED) is 0.796. The minimum atomic E-state index is -3.44. The summed E-state index contributed by atoms with van der Waals surface area (Å²) in [7, 11) is -3.44. The Balaban J connectivity index is 1.46. The molecule has 148 valence electrons. The lowest BCUT2D eigenvalue weighted by Gasteiger charge is -2.36.